The van der Waals surface area contributed by atoms with E-state index in [1.54, 1.807) is 0 Å². The maximum Gasteiger partial charge on any atom is 0.416 e. The SMILES string of the molecule is COC(=O)c1ccc(C(=O)OCc2cccc(C(F)(F)F)c2)cn1. The van der Waals surface area contributed by atoms with Gasteiger partial charge in [0.15, 0.2) is 0 Å². The summed E-state index contributed by atoms with van der Waals surface area (Å²) in [4.78, 5) is 26.8. The fourth-order valence-corrected chi connectivity index (χ4v) is 1.81. The van der Waals surface area contributed by atoms with Crippen molar-refractivity contribution in [2.45, 2.75) is 12.8 Å². The number of nitrogens with zero attached hydrogens (tertiary/aromatic N) is 1. The van der Waals surface area contributed by atoms with Gasteiger partial charge in [0.2, 0.25) is 0 Å². The van der Waals surface area contributed by atoms with Gasteiger partial charge in [-0.3, -0.25) is 0 Å². The molecule has 0 fully saturated rings. The minimum atomic E-state index is -4.46. The second-order valence-corrected chi connectivity index (χ2v) is 4.70. The van der Waals surface area contributed by atoms with Gasteiger partial charge in [0, 0.05) is 6.20 Å². The number of methoxy groups -OCH3 is 1. The molecule has 2 rings (SSSR count). The van der Waals surface area contributed by atoms with Gasteiger partial charge in [-0.15, -0.1) is 0 Å². The largest absolute Gasteiger partial charge is 0.464 e. The molecule has 1 aromatic heterocycles. The summed E-state index contributed by atoms with van der Waals surface area (Å²) in [6.45, 7) is -0.318. The average molecular weight is 339 g/mol. The van der Waals surface area contributed by atoms with Gasteiger partial charge >= 0.3 is 18.1 Å². The highest BCUT2D eigenvalue weighted by Gasteiger charge is 2.30. The first kappa shape index (κ1) is 17.5. The van der Waals surface area contributed by atoms with E-state index in [2.05, 4.69) is 9.72 Å². The lowest BCUT2D eigenvalue weighted by Gasteiger charge is -2.09. The second kappa shape index (κ2) is 7.12. The summed E-state index contributed by atoms with van der Waals surface area (Å²) in [5.74, 6) is -1.42. The van der Waals surface area contributed by atoms with Crippen molar-refractivity contribution in [3.8, 4) is 0 Å². The Morgan fingerprint density at radius 2 is 1.88 bits per heavy atom. The van der Waals surface area contributed by atoms with E-state index in [-0.39, 0.29) is 23.4 Å². The van der Waals surface area contributed by atoms with Gasteiger partial charge in [-0.05, 0) is 29.8 Å². The van der Waals surface area contributed by atoms with Crippen LogP contribution in [0.15, 0.2) is 42.6 Å². The molecule has 24 heavy (non-hydrogen) atoms. The maximum absolute atomic E-state index is 12.6. The van der Waals surface area contributed by atoms with Crippen LogP contribution in [0.4, 0.5) is 13.2 Å². The summed E-state index contributed by atoms with van der Waals surface area (Å²) < 4.78 is 47.2. The lowest BCUT2D eigenvalue weighted by atomic mass is 10.1. The Morgan fingerprint density at radius 1 is 1.12 bits per heavy atom. The molecule has 5 nitrogen and oxygen atoms in total. The second-order valence-electron chi connectivity index (χ2n) is 4.70. The van der Waals surface area contributed by atoms with Gasteiger partial charge in [-0.2, -0.15) is 13.2 Å². The summed E-state index contributed by atoms with van der Waals surface area (Å²) in [5.41, 5.74) is -0.529. The third-order valence-electron chi connectivity index (χ3n) is 3.02. The highest BCUT2D eigenvalue weighted by Crippen LogP contribution is 2.29. The minimum Gasteiger partial charge on any atom is -0.464 e. The number of ether oxygens (including phenoxy) is 2. The smallest absolute Gasteiger partial charge is 0.416 e. The molecule has 0 aliphatic heterocycles. The first-order valence-corrected chi connectivity index (χ1v) is 6.69. The topological polar surface area (TPSA) is 65.5 Å². The van der Waals surface area contributed by atoms with E-state index in [1.807, 2.05) is 0 Å². The Morgan fingerprint density at radius 3 is 2.46 bits per heavy atom. The molecule has 0 atom stereocenters. The average Bonchev–Trinajstić information content (AvgIpc) is 2.58. The normalized spacial score (nSPS) is 11.0. The highest BCUT2D eigenvalue weighted by molar-refractivity contribution is 5.91. The Balaban J connectivity index is 2.02. The molecule has 0 amide bonds. The van der Waals surface area contributed by atoms with Crippen LogP contribution in [-0.2, 0) is 22.3 Å². The predicted octanol–water partition coefficient (Wildman–Crippen LogP) is 3.24. The monoisotopic (exact) mass is 339 g/mol. The number of hydrogen-bond donors (Lipinski definition) is 0. The molecule has 0 N–H and O–H groups in total. The van der Waals surface area contributed by atoms with Gasteiger partial charge in [0.25, 0.3) is 0 Å². The fraction of sp³-hybridized carbons (Fsp3) is 0.188. The molecular weight excluding hydrogens is 327 g/mol. The predicted molar refractivity (Wildman–Crippen MR) is 76.1 cm³/mol. The first-order chi connectivity index (χ1) is 11.3. The molecule has 0 aliphatic rings. The van der Waals surface area contributed by atoms with E-state index < -0.39 is 23.7 Å². The molecule has 0 saturated heterocycles. The van der Waals surface area contributed by atoms with E-state index in [0.717, 1.165) is 18.3 Å². The lowest BCUT2D eigenvalue weighted by Crippen LogP contribution is -2.09. The van der Waals surface area contributed by atoms with E-state index in [4.69, 9.17) is 4.74 Å². The van der Waals surface area contributed by atoms with Crippen molar-refractivity contribution < 1.29 is 32.2 Å². The zero-order valence-corrected chi connectivity index (χ0v) is 12.5. The van der Waals surface area contributed by atoms with Crippen LogP contribution in [0.1, 0.15) is 32.0 Å². The van der Waals surface area contributed by atoms with Crippen molar-refractivity contribution in [2.75, 3.05) is 7.11 Å². The summed E-state index contributed by atoms with van der Waals surface area (Å²) in [6.07, 6.45) is -3.34. The Hall–Kier alpha value is -2.90. The highest BCUT2D eigenvalue weighted by atomic mass is 19.4. The number of rotatable bonds is 4. The van der Waals surface area contributed by atoms with Gasteiger partial charge in [0.1, 0.15) is 12.3 Å². The number of aromatic nitrogens is 1. The third-order valence-corrected chi connectivity index (χ3v) is 3.02. The van der Waals surface area contributed by atoms with Gasteiger partial charge < -0.3 is 9.47 Å². The van der Waals surface area contributed by atoms with Crippen molar-refractivity contribution in [3.63, 3.8) is 0 Å². The van der Waals surface area contributed by atoms with Crippen molar-refractivity contribution in [2.24, 2.45) is 0 Å². The number of benzene rings is 1. The number of carbonyl (C=O) groups excluding carboxylic acids is 2. The molecule has 8 heteroatoms. The van der Waals surface area contributed by atoms with Crippen LogP contribution in [0, 0.1) is 0 Å². The molecule has 2 aromatic rings. The quantitative estimate of drug-likeness (QED) is 0.800. The van der Waals surface area contributed by atoms with E-state index in [9.17, 15) is 22.8 Å². The summed E-state index contributed by atoms with van der Waals surface area (Å²) >= 11 is 0. The van der Waals surface area contributed by atoms with Crippen molar-refractivity contribution in [1.29, 1.82) is 0 Å². The molecule has 1 heterocycles. The van der Waals surface area contributed by atoms with Crippen LogP contribution in [0.2, 0.25) is 0 Å². The van der Waals surface area contributed by atoms with Gasteiger partial charge in [0.05, 0.1) is 18.2 Å². The van der Waals surface area contributed by atoms with Crippen molar-refractivity contribution >= 4 is 11.9 Å². The van der Waals surface area contributed by atoms with Crippen LogP contribution in [0.25, 0.3) is 0 Å². The lowest BCUT2D eigenvalue weighted by molar-refractivity contribution is -0.137. The molecule has 0 aliphatic carbocycles. The van der Waals surface area contributed by atoms with Crippen LogP contribution in [0.5, 0.6) is 0 Å². The molecule has 126 valence electrons. The molecule has 0 radical (unpaired) electrons. The third kappa shape index (κ3) is 4.31. The first-order valence-electron chi connectivity index (χ1n) is 6.69. The van der Waals surface area contributed by atoms with Crippen molar-refractivity contribution in [3.05, 3.63) is 65.0 Å². The van der Waals surface area contributed by atoms with E-state index in [1.165, 1.54) is 31.4 Å². The summed E-state index contributed by atoms with van der Waals surface area (Å²) in [6, 6.07) is 7.09. The Labute approximate surface area is 135 Å². The number of esters is 2. The van der Waals surface area contributed by atoms with E-state index in [0.29, 0.717) is 0 Å². The maximum atomic E-state index is 12.6. The fourth-order valence-electron chi connectivity index (χ4n) is 1.81. The number of alkyl halides is 3. The van der Waals surface area contributed by atoms with Crippen LogP contribution >= 0.6 is 0 Å². The van der Waals surface area contributed by atoms with Gasteiger partial charge in [-0.25, -0.2) is 14.6 Å². The zero-order chi connectivity index (χ0) is 17.7. The van der Waals surface area contributed by atoms with Crippen LogP contribution in [-0.4, -0.2) is 24.0 Å². The molecule has 0 bridgehead atoms. The van der Waals surface area contributed by atoms with E-state index >= 15 is 0 Å². The summed E-state index contributed by atoms with van der Waals surface area (Å²) in [7, 11) is 1.20. The molecule has 1 aromatic carbocycles. The number of pyridine rings is 1. The zero-order valence-electron chi connectivity index (χ0n) is 12.5. The molecule has 0 spiro atoms. The number of carbonyl (C=O) groups is 2. The summed E-state index contributed by atoms with van der Waals surface area (Å²) in [5, 5.41) is 0. The Bertz CT molecular complexity index is 742. The number of hydrogen-bond acceptors (Lipinski definition) is 5. The Kier molecular flexibility index (Phi) is 5.18. The molecular formula is C16H12F3NO4. The molecule has 0 saturated carbocycles. The minimum absolute atomic E-state index is 0.0203. The standard InChI is InChI=1S/C16H12F3NO4/c1-23-15(22)13-6-5-11(8-20-13)14(21)24-9-10-3-2-4-12(7-10)16(17,18)19/h2-8H,9H2,1H3. The van der Waals surface area contributed by atoms with Crippen LogP contribution < -0.4 is 0 Å². The number of halogens is 3. The van der Waals surface area contributed by atoms with Gasteiger partial charge in [-0.1, -0.05) is 12.1 Å². The van der Waals surface area contributed by atoms with Crippen molar-refractivity contribution in [1.82, 2.24) is 4.98 Å². The molecule has 0 unspecified atom stereocenters. The van der Waals surface area contributed by atoms with Crippen LogP contribution in [0.3, 0.4) is 0 Å².